The molecule has 0 aromatic heterocycles. The Morgan fingerprint density at radius 2 is 1.33 bits per heavy atom. The minimum Gasteiger partial charge on any atom is -0.726 e. The van der Waals surface area contributed by atoms with E-state index in [1.54, 1.807) is 0 Å². The van der Waals surface area contributed by atoms with Crippen LogP contribution in [0.15, 0.2) is 0 Å². The number of carboxylic acid groups (broad SMARTS) is 1. The van der Waals surface area contributed by atoms with Gasteiger partial charge in [-0.2, -0.15) is 0 Å². The van der Waals surface area contributed by atoms with E-state index in [4.69, 9.17) is 28.4 Å². The molecule has 0 bridgehead atoms. The first-order chi connectivity index (χ1) is 19.9. The molecule has 3 aliphatic heterocycles. The van der Waals surface area contributed by atoms with Gasteiger partial charge in [-0.3, -0.25) is 8.37 Å². The topological polar surface area (TPSA) is 326 Å². The van der Waals surface area contributed by atoms with Crippen molar-refractivity contribution in [2.24, 2.45) is 5.92 Å². The Kier molecular flexibility index (Phi) is 11.9. The molecule has 0 spiro atoms. The second-order valence-corrected chi connectivity index (χ2v) is 11.8. The third-order valence-corrected chi connectivity index (χ3v) is 7.72. The molecular formula is C20H29O21S2-3. The molecule has 0 radical (unpaired) electrons. The first-order valence-electron chi connectivity index (χ1n) is 12.3. The van der Waals surface area contributed by atoms with Gasteiger partial charge in [-0.1, -0.05) is 6.92 Å². The molecule has 4 N–H and O–H groups in total. The lowest BCUT2D eigenvalue weighted by molar-refractivity contribution is -0.376. The molecule has 0 saturated carbocycles. The maximum atomic E-state index is 12.0. The third-order valence-electron chi connectivity index (χ3n) is 6.87. The quantitative estimate of drug-likeness (QED) is 0.0803. The smallest absolute Gasteiger partial charge is 0.217 e. The van der Waals surface area contributed by atoms with Crippen molar-refractivity contribution in [1.82, 2.24) is 0 Å². The minimum atomic E-state index is -5.27. The molecule has 5 unspecified atom stereocenters. The number of carboxylic acids is 1. The minimum absolute atomic E-state index is 0.103. The van der Waals surface area contributed by atoms with Crippen LogP contribution in [-0.4, -0.2) is 159 Å². The number of aliphatic hydroxyl groups excluding tert-OH is 4. The van der Waals surface area contributed by atoms with Crippen molar-refractivity contribution in [1.29, 1.82) is 0 Å². The van der Waals surface area contributed by atoms with E-state index >= 15 is 0 Å². The molecule has 43 heavy (non-hydrogen) atoms. The third kappa shape index (κ3) is 8.81. The maximum Gasteiger partial charge on any atom is 0.217 e. The number of aliphatic carboxylic acids is 1. The summed E-state index contributed by atoms with van der Waals surface area (Å²) in [5.74, 6) is -3.11. The van der Waals surface area contributed by atoms with Gasteiger partial charge in [0, 0.05) is 13.0 Å². The first kappa shape index (κ1) is 36.0. The lowest BCUT2D eigenvalue weighted by atomic mass is 9.91. The molecule has 3 fully saturated rings. The van der Waals surface area contributed by atoms with Gasteiger partial charge in [-0.05, 0) is 0 Å². The molecule has 250 valence electrons. The average molecular weight is 670 g/mol. The highest BCUT2D eigenvalue weighted by atomic mass is 32.3. The van der Waals surface area contributed by atoms with Crippen LogP contribution in [0.4, 0.5) is 0 Å². The standard InChI is InChI=1S/C20H32O21S2/c1-6-10(22)14(34-2)8(4-35-42(28,29)30)38-19(6)40-16-12(24)13(25)20(41-17(16)18(26)27)39-15-9(5-36-43(31,32)33)37-7(3-21)11(15)23/h3,6-17,19-20,22-25H,4-5H2,1-2H3,(H,26,27)(H,28,29,30)(H,31,32,33)/p-3/t6?,7-,8?,9+,10+,11+,12+,13?,14-,15?,16+,17?,19-,20+/m0/s1. The summed E-state index contributed by atoms with van der Waals surface area (Å²) in [7, 11) is -9.35. The zero-order chi connectivity index (χ0) is 32.4. The van der Waals surface area contributed by atoms with Crippen molar-refractivity contribution in [3.63, 3.8) is 0 Å². The van der Waals surface area contributed by atoms with Crippen LogP contribution in [-0.2, 0) is 67.2 Å². The van der Waals surface area contributed by atoms with E-state index in [9.17, 15) is 61.1 Å². The monoisotopic (exact) mass is 669 g/mol. The number of hydrogen-bond acceptors (Lipinski definition) is 21. The van der Waals surface area contributed by atoms with Gasteiger partial charge < -0.3 is 72.6 Å². The van der Waals surface area contributed by atoms with Crippen molar-refractivity contribution in [3.8, 4) is 0 Å². The molecule has 21 nitrogen and oxygen atoms in total. The molecular weight excluding hydrogens is 640 g/mol. The number of aldehydes is 1. The summed E-state index contributed by atoms with van der Waals surface area (Å²) < 4.78 is 105. The maximum absolute atomic E-state index is 12.0. The largest absolute Gasteiger partial charge is 0.726 e. The molecule has 0 amide bonds. The molecule has 0 aromatic rings. The molecule has 3 aliphatic rings. The number of rotatable bonds is 13. The van der Waals surface area contributed by atoms with Crippen LogP contribution in [0.25, 0.3) is 0 Å². The van der Waals surface area contributed by atoms with Gasteiger partial charge in [0.1, 0.15) is 61.0 Å². The van der Waals surface area contributed by atoms with Crippen LogP contribution in [0.2, 0.25) is 0 Å². The summed E-state index contributed by atoms with van der Waals surface area (Å²) in [5.41, 5.74) is 0. The van der Waals surface area contributed by atoms with Gasteiger partial charge >= 0.3 is 0 Å². The van der Waals surface area contributed by atoms with Crippen molar-refractivity contribution in [2.75, 3.05) is 20.3 Å². The Morgan fingerprint density at radius 1 is 0.791 bits per heavy atom. The Bertz CT molecular complexity index is 1180. The van der Waals surface area contributed by atoms with E-state index < -0.39 is 126 Å². The van der Waals surface area contributed by atoms with Crippen molar-refractivity contribution >= 4 is 33.1 Å². The zero-order valence-corrected chi connectivity index (χ0v) is 23.8. The van der Waals surface area contributed by atoms with E-state index in [1.807, 2.05) is 0 Å². The summed E-state index contributed by atoms with van der Waals surface area (Å²) in [5, 5.41) is 54.4. The molecule has 3 saturated heterocycles. The Morgan fingerprint density at radius 3 is 1.81 bits per heavy atom. The van der Waals surface area contributed by atoms with E-state index in [-0.39, 0.29) is 6.29 Å². The predicted octanol–water partition coefficient (Wildman–Crippen LogP) is -7.03. The number of methoxy groups -OCH3 is 1. The Labute approximate surface area is 244 Å². The fourth-order valence-electron chi connectivity index (χ4n) is 4.72. The highest BCUT2D eigenvalue weighted by Crippen LogP contribution is 2.34. The van der Waals surface area contributed by atoms with Crippen LogP contribution >= 0.6 is 0 Å². The second-order valence-electron chi connectivity index (χ2n) is 9.67. The summed E-state index contributed by atoms with van der Waals surface area (Å²) in [6, 6.07) is 0. The number of hydrogen-bond donors (Lipinski definition) is 4. The lowest BCUT2D eigenvalue weighted by Crippen LogP contribution is -2.66. The van der Waals surface area contributed by atoms with Crippen molar-refractivity contribution < 1.29 is 97.9 Å². The molecule has 23 heteroatoms. The number of ether oxygens (including phenoxy) is 6. The van der Waals surface area contributed by atoms with Gasteiger partial charge in [0.15, 0.2) is 18.9 Å². The lowest BCUT2D eigenvalue weighted by Gasteiger charge is -2.48. The van der Waals surface area contributed by atoms with Crippen molar-refractivity contribution in [3.05, 3.63) is 0 Å². The fraction of sp³-hybridized carbons (Fsp3) is 0.900. The van der Waals surface area contributed by atoms with E-state index in [0.29, 0.717) is 0 Å². The Balaban J connectivity index is 1.79. The normalized spacial score (nSPS) is 42.5. The Hall–Kier alpha value is -1.52. The van der Waals surface area contributed by atoms with Crippen LogP contribution < -0.4 is 5.11 Å². The highest BCUT2D eigenvalue weighted by Gasteiger charge is 2.53. The molecule has 3 heterocycles. The van der Waals surface area contributed by atoms with Gasteiger partial charge in [0.05, 0.1) is 25.3 Å². The van der Waals surface area contributed by atoms with E-state index in [0.717, 1.165) is 7.11 Å². The van der Waals surface area contributed by atoms with Crippen molar-refractivity contribution in [2.45, 2.75) is 86.6 Å². The molecule has 0 aromatic carbocycles. The molecule has 14 atom stereocenters. The van der Waals surface area contributed by atoms with E-state index in [2.05, 4.69) is 8.37 Å². The predicted molar refractivity (Wildman–Crippen MR) is 122 cm³/mol. The summed E-state index contributed by atoms with van der Waals surface area (Å²) in [6.07, 6.45) is -23.5. The van der Waals surface area contributed by atoms with E-state index in [1.165, 1.54) is 6.92 Å². The van der Waals surface area contributed by atoms with Gasteiger partial charge in [-0.15, -0.1) is 0 Å². The summed E-state index contributed by atoms with van der Waals surface area (Å²) in [6.45, 7) is -0.685. The highest BCUT2D eigenvalue weighted by molar-refractivity contribution is 7.81. The number of carbonyl (C=O) groups is 2. The number of aliphatic hydroxyl groups is 4. The summed E-state index contributed by atoms with van der Waals surface area (Å²) >= 11 is 0. The van der Waals surface area contributed by atoms with Crippen LogP contribution in [0.5, 0.6) is 0 Å². The van der Waals surface area contributed by atoms with Crippen LogP contribution in [0, 0.1) is 5.92 Å². The van der Waals surface area contributed by atoms with Gasteiger partial charge in [0.2, 0.25) is 20.8 Å². The fourth-order valence-corrected chi connectivity index (χ4v) is 5.32. The van der Waals surface area contributed by atoms with Gasteiger partial charge in [0.25, 0.3) is 0 Å². The van der Waals surface area contributed by atoms with Gasteiger partial charge in [-0.25, -0.2) is 16.8 Å². The van der Waals surface area contributed by atoms with Crippen LogP contribution in [0.3, 0.4) is 0 Å². The first-order valence-corrected chi connectivity index (χ1v) is 14.9. The molecule has 0 aliphatic carbocycles. The second kappa shape index (κ2) is 14.3. The average Bonchev–Trinajstić information content (AvgIpc) is 3.21. The zero-order valence-electron chi connectivity index (χ0n) is 22.1. The number of carbonyl (C=O) groups excluding carboxylic acids is 2. The SMILES string of the molecule is CO[C@H]1C(COS(=O)(=O)[O-])O[C@@H](O[C@H]2C(C(=O)[O-])O[C@@H](OC3[C@@H](COS(=O)(=O)[O-])O[C@@H](C=O)[C@H]3O)C(O)[C@H]2O)C(C)[C@H]1O. The summed E-state index contributed by atoms with van der Waals surface area (Å²) in [4.78, 5) is 23.2. The van der Waals surface area contributed by atoms with Crippen LogP contribution in [0.1, 0.15) is 6.92 Å². The molecule has 3 rings (SSSR count).